The van der Waals surface area contributed by atoms with E-state index in [4.69, 9.17) is 4.74 Å². The summed E-state index contributed by atoms with van der Waals surface area (Å²) in [5.74, 6) is -0.192. The lowest BCUT2D eigenvalue weighted by Crippen LogP contribution is -2.45. The van der Waals surface area contributed by atoms with Gasteiger partial charge in [0.15, 0.2) is 0 Å². The van der Waals surface area contributed by atoms with Gasteiger partial charge in [-0.05, 0) is 50.7 Å². The van der Waals surface area contributed by atoms with Crippen molar-refractivity contribution in [3.63, 3.8) is 0 Å². The van der Waals surface area contributed by atoms with E-state index in [0.717, 1.165) is 25.9 Å². The van der Waals surface area contributed by atoms with Crippen molar-refractivity contribution >= 4 is 11.8 Å². The number of hydrogen-bond acceptors (Lipinski definition) is 5. The molecule has 2 heterocycles. The zero-order valence-electron chi connectivity index (χ0n) is 19.8. The minimum atomic E-state index is -0.555. The standard InChI is InChI=1S/C28H34N2O3/c1-28(2,3)33-27(32)24-21-15-10-16-23(31)25(21)30-22(20-13-8-5-9-14-20)18-29(26(24)30)17-19-11-6-4-7-12-19/h4-9,11-14,21-22,24-26H,10,15-18H2,1-3H3/t21-,22-,24-,25+,26+/m0/s1. The molecule has 0 unspecified atom stereocenters. The van der Waals surface area contributed by atoms with Crippen LogP contribution in [0, 0.1) is 11.8 Å². The summed E-state index contributed by atoms with van der Waals surface area (Å²) in [4.78, 5) is 31.7. The van der Waals surface area contributed by atoms with Gasteiger partial charge in [-0.1, -0.05) is 60.7 Å². The molecule has 3 aliphatic rings. The zero-order chi connectivity index (χ0) is 23.2. The van der Waals surface area contributed by atoms with Crippen molar-refractivity contribution in [1.82, 2.24) is 9.80 Å². The first kappa shape index (κ1) is 22.3. The van der Waals surface area contributed by atoms with Gasteiger partial charge in [0.2, 0.25) is 0 Å². The van der Waals surface area contributed by atoms with E-state index in [-0.39, 0.29) is 41.8 Å². The third-order valence-corrected chi connectivity index (χ3v) is 7.34. The highest BCUT2D eigenvalue weighted by Gasteiger charge is 2.62. The molecule has 0 bridgehead atoms. The fourth-order valence-electron chi connectivity index (χ4n) is 6.20. The van der Waals surface area contributed by atoms with Gasteiger partial charge in [0, 0.05) is 25.6 Å². The number of carbonyl (C=O) groups excluding carboxylic acids is 2. The second kappa shape index (κ2) is 8.69. The minimum Gasteiger partial charge on any atom is -0.460 e. The summed E-state index contributed by atoms with van der Waals surface area (Å²) >= 11 is 0. The van der Waals surface area contributed by atoms with Crippen molar-refractivity contribution < 1.29 is 14.3 Å². The van der Waals surface area contributed by atoms with Crippen LogP contribution in [0.4, 0.5) is 0 Å². The summed E-state index contributed by atoms with van der Waals surface area (Å²) in [6.07, 6.45) is 2.22. The smallest absolute Gasteiger partial charge is 0.312 e. The van der Waals surface area contributed by atoms with Crippen molar-refractivity contribution in [2.24, 2.45) is 11.8 Å². The molecule has 2 saturated heterocycles. The highest BCUT2D eigenvalue weighted by Crippen LogP contribution is 2.51. The van der Waals surface area contributed by atoms with Gasteiger partial charge >= 0.3 is 5.97 Å². The average molecular weight is 447 g/mol. The molecule has 33 heavy (non-hydrogen) atoms. The van der Waals surface area contributed by atoms with Crippen LogP contribution in [0.1, 0.15) is 57.2 Å². The molecule has 2 aromatic carbocycles. The monoisotopic (exact) mass is 446 g/mol. The van der Waals surface area contributed by atoms with Crippen LogP contribution < -0.4 is 0 Å². The average Bonchev–Trinajstić information content (AvgIpc) is 3.30. The molecular weight excluding hydrogens is 412 g/mol. The lowest BCUT2D eigenvalue weighted by atomic mass is 9.77. The molecule has 5 rings (SSSR count). The molecule has 0 spiro atoms. The molecule has 1 aliphatic carbocycles. The Balaban J connectivity index is 1.57. The number of ether oxygens (including phenoxy) is 1. The zero-order valence-corrected chi connectivity index (χ0v) is 19.8. The van der Waals surface area contributed by atoms with Gasteiger partial charge in [0.25, 0.3) is 0 Å². The predicted octanol–water partition coefficient (Wildman–Crippen LogP) is 4.58. The van der Waals surface area contributed by atoms with Gasteiger partial charge in [0.05, 0.1) is 18.1 Å². The fourth-order valence-corrected chi connectivity index (χ4v) is 6.20. The Labute approximate surface area is 196 Å². The van der Waals surface area contributed by atoms with Crippen LogP contribution in [0.5, 0.6) is 0 Å². The number of carbonyl (C=O) groups is 2. The molecule has 0 amide bonds. The summed E-state index contributed by atoms with van der Waals surface area (Å²) in [5, 5.41) is 0. The van der Waals surface area contributed by atoms with Gasteiger partial charge in [-0.25, -0.2) is 0 Å². The number of fused-ring (bicyclic) bond motifs is 3. The fraction of sp³-hybridized carbons (Fsp3) is 0.500. The Morgan fingerprint density at radius 3 is 2.36 bits per heavy atom. The van der Waals surface area contributed by atoms with Crippen LogP contribution in [-0.2, 0) is 20.9 Å². The first-order valence-corrected chi connectivity index (χ1v) is 12.2. The number of hydrogen-bond donors (Lipinski definition) is 0. The Bertz CT molecular complexity index is 1000. The highest BCUT2D eigenvalue weighted by atomic mass is 16.6. The first-order chi connectivity index (χ1) is 15.8. The Morgan fingerprint density at radius 2 is 1.70 bits per heavy atom. The van der Waals surface area contributed by atoms with Crippen LogP contribution in [0.3, 0.4) is 0 Å². The van der Waals surface area contributed by atoms with E-state index < -0.39 is 5.60 Å². The number of Topliss-reactive ketones (excluding diaryl/α,β-unsaturated/α-hetero) is 1. The molecule has 0 N–H and O–H groups in total. The SMILES string of the molecule is CC(C)(C)OC(=O)[C@H]1[C@@H]2CCCC(=O)[C@@H]2N2[C@H]1N(Cc1ccccc1)C[C@H]2c1ccccc1. The molecule has 0 aromatic heterocycles. The Hall–Kier alpha value is -2.50. The van der Waals surface area contributed by atoms with Crippen LogP contribution in [0.15, 0.2) is 60.7 Å². The summed E-state index contributed by atoms with van der Waals surface area (Å²) < 4.78 is 5.95. The molecule has 5 heteroatoms. The number of ketones is 1. The lowest BCUT2D eigenvalue weighted by molar-refractivity contribution is -0.164. The van der Waals surface area contributed by atoms with Crippen molar-refractivity contribution in [2.75, 3.05) is 6.54 Å². The van der Waals surface area contributed by atoms with E-state index in [2.05, 4.69) is 58.3 Å². The Kier molecular flexibility index (Phi) is 5.87. The van der Waals surface area contributed by atoms with Crippen LogP contribution in [0.25, 0.3) is 0 Å². The van der Waals surface area contributed by atoms with Crippen molar-refractivity contribution in [2.45, 2.75) is 70.4 Å². The first-order valence-electron chi connectivity index (χ1n) is 12.2. The molecule has 2 aromatic rings. The van der Waals surface area contributed by atoms with Gasteiger partial charge in [-0.2, -0.15) is 0 Å². The molecule has 2 aliphatic heterocycles. The van der Waals surface area contributed by atoms with E-state index in [1.165, 1.54) is 11.1 Å². The molecule has 5 nitrogen and oxygen atoms in total. The number of esters is 1. The second-order valence-corrected chi connectivity index (χ2v) is 10.7. The summed E-state index contributed by atoms with van der Waals surface area (Å²) in [6, 6.07) is 20.7. The maximum atomic E-state index is 13.6. The maximum absolute atomic E-state index is 13.6. The molecule has 5 atom stereocenters. The van der Waals surface area contributed by atoms with Gasteiger partial charge in [0.1, 0.15) is 11.4 Å². The van der Waals surface area contributed by atoms with E-state index >= 15 is 0 Å². The van der Waals surface area contributed by atoms with E-state index in [1.54, 1.807) is 0 Å². The number of rotatable bonds is 4. The molecular formula is C28H34N2O3. The lowest BCUT2D eigenvalue weighted by Gasteiger charge is -2.33. The topological polar surface area (TPSA) is 49.9 Å². The van der Waals surface area contributed by atoms with Crippen LogP contribution >= 0.6 is 0 Å². The second-order valence-electron chi connectivity index (χ2n) is 10.7. The normalized spacial score (nSPS) is 30.2. The van der Waals surface area contributed by atoms with Crippen molar-refractivity contribution in [3.05, 3.63) is 71.8 Å². The summed E-state index contributed by atoms with van der Waals surface area (Å²) in [6.45, 7) is 7.30. The van der Waals surface area contributed by atoms with E-state index in [9.17, 15) is 9.59 Å². The maximum Gasteiger partial charge on any atom is 0.312 e. The number of nitrogens with zero attached hydrogens (tertiary/aromatic N) is 2. The highest BCUT2D eigenvalue weighted by molar-refractivity contribution is 5.88. The molecule has 174 valence electrons. The molecule has 0 radical (unpaired) electrons. The van der Waals surface area contributed by atoms with Crippen LogP contribution in [-0.4, -0.2) is 45.9 Å². The third-order valence-electron chi connectivity index (χ3n) is 7.34. The van der Waals surface area contributed by atoms with Gasteiger partial charge < -0.3 is 4.74 Å². The number of benzene rings is 2. The summed E-state index contributed by atoms with van der Waals surface area (Å²) in [5.41, 5.74) is 1.87. The quantitative estimate of drug-likeness (QED) is 0.644. The summed E-state index contributed by atoms with van der Waals surface area (Å²) in [7, 11) is 0. The third kappa shape index (κ3) is 4.24. The molecule has 1 saturated carbocycles. The van der Waals surface area contributed by atoms with Gasteiger partial charge in [-0.3, -0.25) is 19.4 Å². The minimum absolute atomic E-state index is 0.0101. The Morgan fingerprint density at radius 1 is 1.03 bits per heavy atom. The van der Waals surface area contributed by atoms with Gasteiger partial charge in [-0.15, -0.1) is 0 Å². The van der Waals surface area contributed by atoms with Crippen molar-refractivity contribution in [3.8, 4) is 0 Å². The largest absolute Gasteiger partial charge is 0.460 e. The van der Waals surface area contributed by atoms with Crippen molar-refractivity contribution in [1.29, 1.82) is 0 Å². The van der Waals surface area contributed by atoms with E-state index in [0.29, 0.717) is 6.42 Å². The van der Waals surface area contributed by atoms with Crippen LogP contribution in [0.2, 0.25) is 0 Å². The molecule has 3 fully saturated rings. The predicted molar refractivity (Wildman–Crippen MR) is 127 cm³/mol. The van der Waals surface area contributed by atoms with E-state index in [1.807, 2.05) is 32.9 Å².